The SMILES string of the molecule is O=Nc1ccccc1/N=N/c1c2cccccc-2[nH]c1=O. The molecule has 1 aliphatic heterocycles. The Balaban J connectivity index is 2.08. The van der Waals surface area contributed by atoms with Gasteiger partial charge in [-0.15, -0.1) is 15.1 Å². The third-order valence-corrected chi connectivity index (χ3v) is 2.99. The normalized spacial score (nSPS) is 11.0. The van der Waals surface area contributed by atoms with E-state index in [9.17, 15) is 9.70 Å². The summed E-state index contributed by atoms with van der Waals surface area (Å²) in [5, 5.41) is 10.8. The van der Waals surface area contributed by atoms with Gasteiger partial charge in [-0.2, -0.15) is 0 Å². The first-order valence-electron chi connectivity index (χ1n) is 6.25. The first-order chi connectivity index (χ1) is 10.3. The second kappa shape index (κ2) is 5.46. The van der Waals surface area contributed by atoms with Gasteiger partial charge in [0, 0.05) is 5.56 Å². The molecule has 0 aromatic heterocycles. The number of aromatic nitrogens is 1. The van der Waals surface area contributed by atoms with Crippen LogP contribution in [-0.2, 0) is 0 Å². The molecule has 0 spiro atoms. The number of H-pyrrole nitrogens is 1. The molecule has 21 heavy (non-hydrogen) atoms. The molecule has 1 N–H and O–H groups in total. The Morgan fingerprint density at radius 2 is 1.52 bits per heavy atom. The minimum Gasteiger partial charge on any atom is -0.320 e. The molecule has 0 unspecified atom stereocenters. The summed E-state index contributed by atoms with van der Waals surface area (Å²) in [6, 6.07) is 15.6. The number of rotatable bonds is 3. The molecule has 0 amide bonds. The molecule has 1 aliphatic carbocycles. The van der Waals surface area contributed by atoms with Crippen LogP contribution in [0.15, 0.2) is 74.8 Å². The van der Waals surface area contributed by atoms with Crippen molar-refractivity contribution in [2.24, 2.45) is 15.4 Å². The fraction of sp³-hybridized carbons (Fsp3) is 0. The van der Waals surface area contributed by atoms with E-state index in [0.29, 0.717) is 16.9 Å². The van der Waals surface area contributed by atoms with Crippen LogP contribution in [0, 0.1) is 4.91 Å². The molecule has 0 bridgehead atoms. The highest BCUT2D eigenvalue weighted by Gasteiger charge is 2.13. The van der Waals surface area contributed by atoms with Crippen LogP contribution < -0.4 is 5.56 Å². The Bertz CT molecular complexity index is 854. The molecule has 1 aromatic carbocycles. The van der Waals surface area contributed by atoms with Crippen LogP contribution in [-0.4, -0.2) is 4.98 Å². The topological polar surface area (TPSA) is 87.0 Å². The number of hydrogen-bond acceptors (Lipinski definition) is 5. The van der Waals surface area contributed by atoms with Crippen molar-refractivity contribution in [2.75, 3.05) is 0 Å². The Labute approximate surface area is 119 Å². The Morgan fingerprint density at radius 3 is 2.33 bits per heavy atom. The third kappa shape index (κ3) is 2.46. The fourth-order valence-corrected chi connectivity index (χ4v) is 2.00. The second-order valence-corrected chi connectivity index (χ2v) is 4.32. The first kappa shape index (κ1) is 12.9. The Hall–Kier alpha value is -3.15. The van der Waals surface area contributed by atoms with E-state index < -0.39 is 0 Å². The van der Waals surface area contributed by atoms with E-state index >= 15 is 0 Å². The highest BCUT2D eigenvalue weighted by molar-refractivity contribution is 5.74. The van der Waals surface area contributed by atoms with E-state index in [4.69, 9.17) is 0 Å². The van der Waals surface area contributed by atoms with E-state index in [-0.39, 0.29) is 16.9 Å². The van der Waals surface area contributed by atoms with Crippen LogP contribution in [0.5, 0.6) is 0 Å². The maximum atomic E-state index is 11.9. The first-order valence-corrected chi connectivity index (χ1v) is 6.25. The average molecular weight is 278 g/mol. The second-order valence-electron chi connectivity index (χ2n) is 4.32. The van der Waals surface area contributed by atoms with Crippen LogP contribution >= 0.6 is 0 Å². The van der Waals surface area contributed by atoms with Gasteiger partial charge in [0.25, 0.3) is 5.56 Å². The monoisotopic (exact) mass is 278 g/mol. The molecule has 3 rings (SSSR count). The third-order valence-electron chi connectivity index (χ3n) is 2.99. The zero-order valence-corrected chi connectivity index (χ0v) is 10.9. The van der Waals surface area contributed by atoms with E-state index in [1.807, 2.05) is 18.2 Å². The van der Waals surface area contributed by atoms with E-state index in [1.165, 1.54) is 6.07 Å². The van der Waals surface area contributed by atoms with Crippen LogP contribution in [0.3, 0.4) is 0 Å². The van der Waals surface area contributed by atoms with Crippen LogP contribution in [0.4, 0.5) is 17.1 Å². The summed E-state index contributed by atoms with van der Waals surface area (Å²) in [6.07, 6.45) is 0. The zero-order valence-electron chi connectivity index (χ0n) is 10.9. The van der Waals surface area contributed by atoms with Gasteiger partial charge < -0.3 is 4.98 Å². The van der Waals surface area contributed by atoms with Crippen LogP contribution in [0.1, 0.15) is 0 Å². The van der Waals surface area contributed by atoms with Crippen molar-refractivity contribution >= 4 is 17.1 Å². The number of fused-ring (bicyclic) bond motifs is 1. The highest BCUT2D eigenvalue weighted by Crippen LogP contribution is 2.31. The van der Waals surface area contributed by atoms with Crippen molar-refractivity contribution in [2.45, 2.75) is 0 Å². The molecule has 102 valence electrons. The molecule has 0 radical (unpaired) electrons. The van der Waals surface area contributed by atoms with Crippen LogP contribution in [0.2, 0.25) is 0 Å². The molecule has 0 saturated carbocycles. The molecular formula is C15H10N4O2. The maximum Gasteiger partial charge on any atom is 0.276 e. The van der Waals surface area contributed by atoms with E-state index in [1.54, 1.807) is 30.3 Å². The van der Waals surface area contributed by atoms with Crippen molar-refractivity contribution in [3.63, 3.8) is 0 Å². The molecule has 6 heteroatoms. The predicted octanol–water partition coefficient (Wildman–Crippen LogP) is 4.29. The van der Waals surface area contributed by atoms with Gasteiger partial charge in [-0.05, 0) is 23.4 Å². The van der Waals surface area contributed by atoms with Crippen molar-refractivity contribution in [1.82, 2.24) is 4.98 Å². The summed E-state index contributed by atoms with van der Waals surface area (Å²) >= 11 is 0. The van der Waals surface area contributed by atoms with Gasteiger partial charge in [0.05, 0.1) is 5.69 Å². The molecule has 1 heterocycles. The Kier molecular flexibility index (Phi) is 3.34. The van der Waals surface area contributed by atoms with Crippen molar-refractivity contribution < 1.29 is 0 Å². The molecular weight excluding hydrogens is 268 g/mol. The quantitative estimate of drug-likeness (QED) is 0.572. The molecule has 0 saturated heterocycles. The van der Waals surface area contributed by atoms with Gasteiger partial charge >= 0.3 is 0 Å². The molecule has 2 aliphatic rings. The summed E-state index contributed by atoms with van der Waals surface area (Å²) in [5.41, 5.74) is 1.74. The number of nitroso groups, excluding NO2 is 1. The number of benzene rings is 1. The number of nitrogens with one attached hydrogen (secondary N) is 1. The average Bonchev–Trinajstić information content (AvgIpc) is 2.66. The van der Waals surface area contributed by atoms with Gasteiger partial charge in [0.15, 0.2) is 5.69 Å². The number of nitrogens with zero attached hydrogens (tertiary/aromatic N) is 3. The standard InChI is InChI=1S/C15H10N4O2/c20-15-14(10-6-2-1-3-7-11(10)16-15)18-17-12-8-4-5-9-13(12)19-21/h1-9H,(H,16,20)/b18-17+. The molecule has 0 fully saturated rings. The predicted molar refractivity (Wildman–Crippen MR) is 79.8 cm³/mol. The fourth-order valence-electron chi connectivity index (χ4n) is 2.00. The van der Waals surface area contributed by atoms with Gasteiger partial charge in [0.1, 0.15) is 11.4 Å². The molecule has 6 nitrogen and oxygen atoms in total. The number of hydrogen-bond donors (Lipinski definition) is 1. The zero-order chi connectivity index (χ0) is 14.7. The molecule has 0 atom stereocenters. The van der Waals surface area contributed by atoms with Gasteiger partial charge in [0.2, 0.25) is 0 Å². The summed E-state index contributed by atoms with van der Waals surface area (Å²) in [5.74, 6) is 0. The van der Waals surface area contributed by atoms with E-state index in [0.717, 1.165) is 0 Å². The van der Waals surface area contributed by atoms with Crippen molar-refractivity contribution in [1.29, 1.82) is 0 Å². The van der Waals surface area contributed by atoms with Crippen LogP contribution in [0.25, 0.3) is 11.3 Å². The summed E-state index contributed by atoms with van der Waals surface area (Å²) in [7, 11) is 0. The van der Waals surface area contributed by atoms with Crippen molar-refractivity contribution in [3.05, 3.63) is 69.9 Å². The van der Waals surface area contributed by atoms with Crippen molar-refractivity contribution in [3.8, 4) is 11.3 Å². The lowest BCUT2D eigenvalue weighted by molar-refractivity contribution is 1.20. The minimum atomic E-state index is -0.323. The van der Waals surface area contributed by atoms with E-state index in [2.05, 4.69) is 20.4 Å². The number of azo groups is 1. The van der Waals surface area contributed by atoms with Gasteiger partial charge in [-0.25, -0.2) is 0 Å². The van der Waals surface area contributed by atoms with Gasteiger partial charge in [-0.3, -0.25) is 4.79 Å². The largest absolute Gasteiger partial charge is 0.320 e. The highest BCUT2D eigenvalue weighted by atomic mass is 16.3. The van der Waals surface area contributed by atoms with Gasteiger partial charge in [-0.1, -0.05) is 36.4 Å². The summed E-state index contributed by atoms with van der Waals surface area (Å²) < 4.78 is 0. The number of aromatic amines is 1. The summed E-state index contributed by atoms with van der Waals surface area (Å²) in [4.78, 5) is 25.3. The molecule has 1 aromatic rings. The smallest absolute Gasteiger partial charge is 0.276 e. The summed E-state index contributed by atoms with van der Waals surface area (Å²) in [6.45, 7) is 0. The lowest BCUT2D eigenvalue weighted by atomic mass is 10.2. The lowest BCUT2D eigenvalue weighted by Crippen LogP contribution is -1.95. The maximum absolute atomic E-state index is 11.9. The minimum absolute atomic E-state index is 0.180. The Morgan fingerprint density at radius 1 is 0.810 bits per heavy atom. The lowest BCUT2D eigenvalue weighted by Gasteiger charge is -1.95.